The molecule has 0 aliphatic carbocycles. The fourth-order valence-electron chi connectivity index (χ4n) is 2.05. The molecule has 0 unspecified atom stereocenters. The van der Waals surface area contributed by atoms with Gasteiger partial charge in [0.1, 0.15) is 0 Å². The molecule has 0 fully saturated rings. The van der Waals surface area contributed by atoms with Crippen LogP contribution in [-0.4, -0.2) is 31.1 Å². The van der Waals surface area contributed by atoms with E-state index in [-0.39, 0.29) is 17.0 Å². The second-order valence-corrected chi connectivity index (χ2v) is 7.06. The molecule has 0 atom stereocenters. The molecule has 24 heavy (non-hydrogen) atoms. The summed E-state index contributed by atoms with van der Waals surface area (Å²) in [4.78, 5) is 13.1. The Kier molecular flexibility index (Phi) is 4.57. The molecule has 1 aliphatic rings. The van der Waals surface area contributed by atoms with Crippen molar-refractivity contribution in [3.63, 3.8) is 0 Å². The summed E-state index contributed by atoms with van der Waals surface area (Å²) in [7, 11) is -3.96. The number of alkyl halides is 3. The minimum Gasteiger partial charge on any atom is -0.268 e. The van der Waals surface area contributed by atoms with Crippen LogP contribution in [0.2, 0.25) is 0 Å². The first kappa shape index (κ1) is 17.8. The van der Waals surface area contributed by atoms with Crippen LogP contribution in [0.15, 0.2) is 36.0 Å². The predicted molar refractivity (Wildman–Crippen MR) is 79.2 cm³/mol. The molecule has 1 aliphatic heterocycles. The van der Waals surface area contributed by atoms with Crippen molar-refractivity contribution >= 4 is 21.7 Å². The topological polar surface area (TPSA) is 81.5 Å². The van der Waals surface area contributed by atoms with Crippen molar-refractivity contribution in [3.8, 4) is 6.07 Å². The predicted octanol–water partition coefficient (Wildman–Crippen LogP) is 2.70. The normalized spacial score (nSPS) is 16.0. The molecule has 1 aromatic rings. The molecular formula is C14H12F3N3O3S. The zero-order valence-corrected chi connectivity index (χ0v) is 13.2. The highest BCUT2D eigenvalue weighted by atomic mass is 32.2. The van der Waals surface area contributed by atoms with Gasteiger partial charge in [-0.3, -0.25) is 4.90 Å². The van der Waals surface area contributed by atoms with Gasteiger partial charge in [-0.2, -0.15) is 18.4 Å². The molecule has 0 spiro atoms. The Morgan fingerprint density at radius 1 is 1.33 bits per heavy atom. The number of amides is 2. The van der Waals surface area contributed by atoms with Crippen molar-refractivity contribution in [1.29, 1.82) is 5.26 Å². The van der Waals surface area contributed by atoms with Gasteiger partial charge in [0.25, 0.3) is 0 Å². The van der Waals surface area contributed by atoms with Gasteiger partial charge in [-0.05, 0) is 25.1 Å². The Morgan fingerprint density at radius 3 is 2.54 bits per heavy atom. The number of nitrogens with zero attached hydrogens (tertiary/aromatic N) is 3. The monoisotopic (exact) mass is 359 g/mol. The van der Waals surface area contributed by atoms with E-state index in [2.05, 4.69) is 0 Å². The third kappa shape index (κ3) is 3.35. The lowest BCUT2D eigenvalue weighted by Gasteiger charge is -2.32. The van der Waals surface area contributed by atoms with E-state index in [9.17, 15) is 26.4 Å². The minimum atomic E-state index is -4.62. The van der Waals surface area contributed by atoms with E-state index in [1.54, 1.807) is 6.07 Å². The van der Waals surface area contributed by atoms with E-state index < -0.39 is 34.3 Å². The molecule has 2 amide bonds. The number of benzene rings is 1. The van der Waals surface area contributed by atoms with Crippen molar-refractivity contribution in [2.24, 2.45) is 0 Å². The van der Waals surface area contributed by atoms with Gasteiger partial charge in [0, 0.05) is 6.20 Å². The van der Waals surface area contributed by atoms with Crippen LogP contribution < -0.4 is 4.90 Å². The third-order valence-electron chi connectivity index (χ3n) is 3.31. The maximum absolute atomic E-state index is 12.8. The Bertz CT molecular complexity index is 841. The molecule has 0 bridgehead atoms. The van der Waals surface area contributed by atoms with Gasteiger partial charge in [0.05, 0.1) is 35.2 Å². The molecule has 0 saturated heterocycles. The summed E-state index contributed by atoms with van der Waals surface area (Å²) in [6.45, 7) is 0.878. The van der Waals surface area contributed by atoms with Crippen molar-refractivity contribution in [2.45, 2.75) is 13.1 Å². The van der Waals surface area contributed by atoms with Crippen molar-refractivity contribution in [2.75, 3.05) is 17.2 Å². The van der Waals surface area contributed by atoms with E-state index >= 15 is 0 Å². The number of anilines is 1. The standard InChI is InChI=1S/C14H12F3N3O3S/c1-2-24(22,23)20-9-10(7-18)8-19(13(20)21)12-5-3-4-11(6-12)14(15,16)17/h3-6,8H,2,9H2,1H3. The summed E-state index contributed by atoms with van der Waals surface area (Å²) in [5.74, 6) is -0.381. The van der Waals surface area contributed by atoms with E-state index in [1.165, 1.54) is 13.0 Å². The summed E-state index contributed by atoms with van der Waals surface area (Å²) >= 11 is 0. The molecular weight excluding hydrogens is 347 g/mol. The number of sulfonamides is 1. The van der Waals surface area contributed by atoms with Crippen LogP contribution in [0.5, 0.6) is 0 Å². The van der Waals surface area contributed by atoms with E-state index in [4.69, 9.17) is 5.26 Å². The molecule has 2 rings (SSSR count). The lowest BCUT2D eigenvalue weighted by Crippen LogP contribution is -2.49. The maximum Gasteiger partial charge on any atom is 0.416 e. The molecule has 1 heterocycles. The molecule has 128 valence electrons. The first-order valence-electron chi connectivity index (χ1n) is 6.72. The number of hydrogen-bond acceptors (Lipinski definition) is 4. The number of halogens is 3. The summed E-state index contributed by atoms with van der Waals surface area (Å²) in [6.07, 6.45) is -3.58. The first-order valence-corrected chi connectivity index (χ1v) is 8.32. The van der Waals surface area contributed by atoms with Crippen LogP contribution in [0.4, 0.5) is 23.7 Å². The van der Waals surface area contributed by atoms with E-state index in [0.29, 0.717) is 10.4 Å². The highest BCUT2D eigenvalue weighted by Gasteiger charge is 2.36. The molecule has 10 heteroatoms. The van der Waals surface area contributed by atoms with Gasteiger partial charge in [0.2, 0.25) is 10.0 Å². The van der Waals surface area contributed by atoms with Crippen LogP contribution >= 0.6 is 0 Å². The second kappa shape index (κ2) is 6.16. The van der Waals surface area contributed by atoms with Crippen LogP contribution in [-0.2, 0) is 16.2 Å². The second-order valence-electron chi connectivity index (χ2n) is 4.87. The van der Waals surface area contributed by atoms with Gasteiger partial charge >= 0.3 is 12.2 Å². The molecule has 0 aromatic heterocycles. The van der Waals surface area contributed by atoms with Crippen LogP contribution in [0.1, 0.15) is 12.5 Å². The summed E-state index contributed by atoms with van der Waals surface area (Å²) in [5.41, 5.74) is -1.24. The fourth-order valence-corrected chi connectivity index (χ4v) is 3.02. The lowest BCUT2D eigenvalue weighted by molar-refractivity contribution is -0.137. The number of urea groups is 1. The van der Waals surface area contributed by atoms with Gasteiger partial charge < -0.3 is 0 Å². The number of carbonyl (C=O) groups is 1. The smallest absolute Gasteiger partial charge is 0.268 e. The van der Waals surface area contributed by atoms with Crippen molar-refractivity contribution in [1.82, 2.24) is 4.31 Å². The molecule has 0 saturated carbocycles. The van der Waals surface area contributed by atoms with Gasteiger partial charge in [-0.1, -0.05) is 6.07 Å². The maximum atomic E-state index is 12.8. The molecule has 1 aromatic carbocycles. The largest absolute Gasteiger partial charge is 0.416 e. The van der Waals surface area contributed by atoms with Crippen LogP contribution in [0.25, 0.3) is 0 Å². The summed E-state index contributed by atoms with van der Waals surface area (Å²) in [6, 6.07) is 4.56. The Hall–Kier alpha value is -2.54. The van der Waals surface area contributed by atoms with Gasteiger partial charge in [-0.25, -0.2) is 17.5 Å². The van der Waals surface area contributed by atoms with E-state index in [1.807, 2.05) is 0 Å². The first-order chi connectivity index (χ1) is 11.1. The van der Waals surface area contributed by atoms with Crippen LogP contribution in [0.3, 0.4) is 0 Å². The van der Waals surface area contributed by atoms with Crippen molar-refractivity contribution < 1.29 is 26.4 Å². The number of carbonyl (C=O) groups excluding carboxylic acids is 1. The molecule has 0 radical (unpaired) electrons. The van der Waals surface area contributed by atoms with Crippen molar-refractivity contribution in [3.05, 3.63) is 41.6 Å². The van der Waals surface area contributed by atoms with Crippen LogP contribution in [0, 0.1) is 11.3 Å². The Labute approximate surface area is 136 Å². The Morgan fingerprint density at radius 2 is 2.00 bits per heavy atom. The number of hydrogen-bond donors (Lipinski definition) is 0. The van der Waals surface area contributed by atoms with Gasteiger partial charge in [0.15, 0.2) is 0 Å². The third-order valence-corrected chi connectivity index (χ3v) is 5.00. The zero-order chi connectivity index (χ0) is 18.1. The quantitative estimate of drug-likeness (QED) is 0.831. The SMILES string of the molecule is CCS(=O)(=O)N1CC(C#N)=CN(c2cccc(C(F)(F)F)c2)C1=O. The summed E-state index contributed by atoms with van der Waals surface area (Å²) < 4.78 is 62.9. The molecule has 0 N–H and O–H groups in total. The van der Waals surface area contributed by atoms with E-state index in [0.717, 1.165) is 23.2 Å². The highest BCUT2D eigenvalue weighted by molar-refractivity contribution is 7.89. The fraction of sp³-hybridized carbons (Fsp3) is 0.286. The zero-order valence-electron chi connectivity index (χ0n) is 12.4. The molecule has 6 nitrogen and oxygen atoms in total. The summed E-state index contributed by atoms with van der Waals surface area (Å²) in [5, 5.41) is 9.02. The Balaban J connectivity index is 2.53. The minimum absolute atomic E-state index is 0.0657. The number of nitriles is 1. The lowest BCUT2D eigenvalue weighted by atomic mass is 10.1. The average molecular weight is 359 g/mol. The van der Waals surface area contributed by atoms with Gasteiger partial charge in [-0.15, -0.1) is 0 Å². The number of rotatable bonds is 3. The highest BCUT2D eigenvalue weighted by Crippen LogP contribution is 2.33. The average Bonchev–Trinajstić information content (AvgIpc) is 2.54.